The highest BCUT2D eigenvalue weighted by Gasteiger charge is 2.29. The van der Waals surface area contributed by atoms with Crippen LogP contribution in [0.25, 0.3) is 11.0 Å². The molecule has 0 unspecified atom stereocenters. The molecule has 0 N–H and O–H groups in total. The van der Waals surface area contributed by atoms with Gasteiger partial charge in [0.1, 0.15) is 5.52 Å². The molecule has 27 heavy (non-hydrogen) atoms. The summed E-state index contributed by atoms with van der Waals surface area (Å²) < 4.78 is 63.1. The van der Waals surface area contributed by atoms with E-state index >= 15 is 0 Å². The van der Waals surface area contributed by atoms with E-state index in [9.17, 15) is 22.4 Å². The molecule has 0 bridgehead atoms. The Morgan fingerprint density at radius 2 is 2.04 bits per heavy atom. The highest BCUT2D eigenvalue weighted by atomic mass is 35.5. The average molecular weight is 404 g/mol. The summed E-state index contributed by atoms with van der Waals surface area (Å²) in [5, 5.41) is 0.0118. The Morgan fingerprint density at radius 3 is 2.70 bits per heavy atom. The SMILES string of the molecule is Cn1c(C=O)nc2ccc(Oc3ncc(Cl)cc3OCC(F)(F)F)c(F)c21. The fourth-order valence-corrected chi connectivity index (χ4v) is 2.44. The number of hydrogen-bond acceptors (Lipinski definition) is 5. The number of pyridine rings is 1. The second-order valence-electron chi connectivity index (χ2n) is 5.36. The van der Waals surface area contributed by atoms with E-state index in [0.29, 0.717) is 6.29 Å². The van der Waals surface area contributed by atoms with Crippen LogP contribution in [-0.4, -0.2) is 33.6 Å². The molecule has 2 heterocycles. The number of alkyl halides is 3. The molecule has 0 atom stereocenters. The molecule has 0 saturated carbocycles. The van der Waals surface area contributed by atoms with Crippen molar-refractivity contribution in [1.29, 1.82) is 0 Å². The number of benzene rings is 1. The summed E-state index contributed by atoms with van der Waals surface area (Å²) in [6.07, 6.45) is -3.02. The fraction of sp³-hybridized carbons (Fsp3) is 0.188. The van der Waals surface area contributed by atoms with Gasteiger partial charge in [-0.2, -0.15) is 13.2 Å². The zero-order chi connectivity index (χ0) is 19.8. The van der Waals surface area contributed by atoms with Gasteiger partial charge < -0.3 is 14.0 Å². The molecule has 2 aromatic heterocycles. The van der Waals surface area contributed by atoms with Crippen LogP contribution >= 0.6 is 11.6 Å². The minimum absolute atomic E-state index is 0.000123. The van der Waals surface area contributed by atoms with Crippen LogP contribution in [0.3, 0.4) is 0 Å². The molecule has 0 aliphatic rings. The van der Waals surface area contributed by atoms with Crippen molar-refractivity contribution in [2.24, 2.45) is 7.05 Å². The largest absolute Gasteiger partial charge is 0.478 e. The molecule has 0 aliphatic heterocycles. The van der Waals surface area contributed by atoms with E-state index in [1.165, 1.54) is 23.7 Å². The van der Waals surface area contributed by atoms with Crippen molar-refractivity contribution in [3.8, 4) is 17.4 Å². The van der Waals surface area contributed by atoms with Gasteiger partial charge in [0.2, 0.25) is 0 Å². The van der Waals surface area contributed by atoms with Crippen molar-refractivity contribution < 1.29 is 31.8 Å². The summed E-state index contributed by atoms with van der Waals surface area (Å²) in [6, 6.07) is 3.68. The molecule has 11 heteroatoms. The van der Waals surface area contributed by atoms with E-state index in [4.69, 9.17) is 16.3 Å². The van der Waals surface area contributed by atoms with Gasteiger partial charge in [0, 0.05) is 19.3 Å². The number of halogens is 5. The van der Waals surface area contributed by atoms with Crippen LogP contribution in [0.15, 0.2) is 24.4 Å². The molecule has 0 amide bonds. The first-order chi connectivity index (χ1) is 12.7. The number of fused-ring (bicyclic) bond motifs is 1. The van der Waals surface area contributed by atoms with Crippen LogP contribution in [0, 0.1) is 5.82 Å². The standard InChI is InChI=1S/C16H10ClF4N3O3/c1-24-12(6-25)23-9-2-3-10(13(18)14(9)24)27-15-11(4-8(17)5-22-15)26-7-16(19,20)21/h2-6H,7H2,1H3. The third-order valence-corrected chi connectivity index (χ3v) is 3.67. The van der Waals surface area contributed by atoms with Crippen molar-refractivity contribution >= 4 is 28.9 Å². The number of carbonyl (C=O) groups excluding carboxylic acids is 1. The third-order valence-electron chi connectivity index (χ3n) is 3.46. The second-order valence-corrected chi connectivity index (χ2v) is 5.79. The number of aryl methyl sites for hydroxylation is 1. The summed E-state index contributed by atoms with van der Waals surface area (Å²) in [5.74, 6) is -2.01. The minimum atomic E-state index is -4.59. The van der Waals surface area contributed by atoms with E-state index in [1.54, 1.807) is 0 Å². The van der Waals surface area contributed by atoms with Crippen molar-refractivity contribution in [3.63, 3.8) is 0 Å². The van der Waals surface area contributed by atoms with E-state index < -0.39 is 30.2 Å². The Morgan fingerprint density at radius 1 is 1.30 bits per heavy atom. The number of nitrogens with zero attached hydrogens (tertiary/aromatic N) is 3. The normalized spacial score (nSPS) is 11.6. The van der Waals surface area contributed by atoms with Crippen molar-refractivity contribution in [2.45, 2.75) is 6.18 Å². The molecule has 1 aromatic carbocycles. The highest BCUT2D eigenvalue weighted by molar-refractivity contribution is 6.30. The Hall–Kier alpha value is -2.88. The number of aromatic nitrogens is 3. The highest BCUT2D eigenvalue weighted by Crippen LogP contribution is 2.35. The predicted octanol–water partition coefficient (Wildman–Crippen LogP) is 4.31. The van der Waals surface area contributed by atoms with E-state index in [1.807, 2.05) is 0 Å². The minimum Gasteiger partial charge on any atom is -0.478 e. The fourth-order valence-electron chi connectivity index (χ4n) is 2.29. The van der Waals surface area contributed by atoms with Gasteiger partial charge in [-0.25, -0.2) is 14.4 Å². The first-order valence-electron chi connectivity index (χ1n) is 7.32. The molecule has 0 fully saturated rings. The van der Waals surface area contributed by atoms with Crippen LogP contribution in [0.5, 0.6) is 17.4 Å². The number of rotatable bonds is 5. The van der Waals surface area contributed by atoms with Gasteiger partial charge in [0.05, 0.1) is 10.5 Å². The summed E-state index contributed by atoms with van der Waals surface area (Å²) in [5.41, 5.74) is 0.198. The first-order valence-corrected chi connectivity index (χ1v) is 7.70. The molecule has 0 spiro atoms. The summed E-state index contributed by atoms with van der Waals surface area (Å²) in [7, 11) is 1.43. The molecule has 142 valence electrons. The van der Waals surface area contributed by atoms with Crippen LogP contribution in [-0.2, 0) is 7.05 Å². The van der Waals surface area contributed by atoms with Crippen LogP contribution < -0.4 is 9.47 Å². The number of carbonyl (C=O) groups is 1. The topological polar surface area (TPSA) is 66.2 Å². The van der Waals surface area contributed by atoms with Crippen molar-refractivity contribution in [2.75, 3.05) is 6.61 Å². The predicted molar refractivity (Wildman–Crippen MR) is 86.9 cm³/mol. The number of ether oxygens (including phenoxy) is 2. The number of imidazole rings is 1. The van der Waals surface area contributed by atoms with Crippen LogP contribution in [0.4, 0.5) is 17.6 Å². The third kappa shape index (κ3) is 3.95. The maximum absolute atomic E-state index is 14.8. The molecule has 0 radical (unpaired) electrons. The summed E-state index contributed by atoms with van der Waals surface area (Å²) in [6.45, 7) is -1.60. The maximum Gasteiger partial charge on any atom is 0.422 e. The van der Waals surface area contributed by atoms with Gasteiger partial charge in [0.15, 0.2) is 36.0 Å². The molecule has 0 saturated heterocycles. The Balaban J connectivity index is 1.99. The Labute approximate surface area is 154 Å². The first kappa shape index (κ1) is 18.9. The molecular formula is C16H10ClF4N3O3. The maximum atomic E-state index is 14.8. The number of hydrogen-bond donors (Lipinski definition) is 0. The van der Waals surface area contributed by atoms with Gasteiger partial charge in [-0.3, -0.25) is 4.79 Å². The Kier molecular flexibility index (Phi) is 4.92. The number of aldehydes is 1. The van der Waals surface area contributed by atoms with E-state index in [0.717, 1.165) is 12.3 Å². The summed E-state index contributed by atoms with van der Waals surface area (Å²) in [4.78, 5) is 18.6. The van der Waals surface area contributed by atoms with Crippen LogP contribution in [0.1, 0.15) is 10.6 Å². The van der Waals surface area contributed by atoms with Crippen LogP contribution in [0.2, 0.25) is 5.02 Å². The monoisotopic (exact) mass is 403 g/mol. The van der Waals surface area contributed by atoms with Crippen molar-refractivity contribution in [3.05, 3.63) is 41.1 Å². The lowest BCUT2D eigenvalue weighted by Crippen LogP contribution is -2.19. The Bertz CT molecular complexity index is 1020. The quantitative estimate of drug-likeness (QED) is 0.469. The average Bonchev–Trinajstić information content (AvgIpc) is 2.93. The molecule has 0 aliphatic carbocycles. The van der Waals surface area contributed by atoms with Crippen molar-refractivity contribution in [1.82, 2.24) is 14.5 Å². The lowest BCUT2D eigenvalue weighted by atomic mass is 10.3. The molecule has 6 nitrogen and oxygen atoms in total. The van der Waals surface area contributed by atoms with Gasteiger partial charge >= 0.3 is 6.18 Å². The zero-order valence-corrected chi connectivity index (χ0v) is 14.3. The van der Waals surface area contributed by atoms with Gasteiger partial charge in [-0.15, -0.1) is 0 Å². The zero-order valence-electron chi connectivity index (χ0n) is 13.6. The molecule has 3 aromatic rings. The second kappa shape index (κ2) is 7.03. The molecular weight excluding hydrogens is 394 g/mol. The van der Waals surface area contributed by atoms with Gasteiger partial charge in [-0.05, 0) is 12.1 Å². The summed E-state index contributed by atoms with van der Waals surface area (Å²) >= 11 is 5.72. The smallest absolute Gasteiger partial charge is 0.422 e. The van der Waals surface area contributed by atoms with E-state index in [-0.39, 0.29) is 27.6 Å². The lowest BCUT2D eigenvalue weighted by molar-refractivity contribution is -0.153. The van der Waals surface area contributed by atoms with Gasteiger partial charge in [-0.1, -0.05) is 11.6 Å². The molecule has 3 rings (SSSR count). The van der Waals surface area contributed by atoms with E-state index in [2.05, 4.69) is 14.7 Å². The van der Waals surface area contributed by atoms with Gasteiger partial charge in [0.25, 0.3) is 5.88 Å². The lowest BCUT2D eigenvalue weighted by Gasteiger charge is -2.13.